The first-order valence-electron chi connectivity index (χ1n) is 13.1. The number of piperidine rings is 1. The number of hydrogen-bond acceptors (Lipinski definition) is 5. The van der Waals surface area contributed by atoms with E-state index >= 15 is 0 Å². The highest BCUT2D eigenvalue weighted by atomic mass is 19.1. The van der Waals surface area contributed by atoms with Gasteiger partial charge in [-0.1, -0.05) is 42.5 Å². The quantitative estimate of drug-likeness (QED) is 0.384. The second-order valence-corrected chi connectivity index (χ2v) is 10.1. The monoisotopic (exact) mass is 535 g/mol. The molecule has 5 rings (SSSR count). The molecule has 0 saturated carbocycles. The molecule has 1 fully saturated rings. The molecule has 2 atom stereocenters. The molecule has 3 N–H and O–H groups in total. The number of halogens is 2. The van der Waals surface area contributed by atoms with E-state index in [4.69, 9.17) is 4.74 Å². The third-order valence-electron chi connectivity index (χ3n) is 7.68. The van der Waals surface area contributed by atoms with Crippen LogP contribution in [0.2, 0.25) is 0 Å². The number of likely N-dealkylation sites (tertiary alicyclic amines) is 1. The fourth-order valence-electron chi connectivity index (χ4n) is 5.53. The van der Waals surface area contributed by atoms with Crippen LogP contribution in [0.1, 0.15) is 47.9 Å². The fourth-order valence-corrected chi connectivity index (χ4v) is 5.53. The number of nitrogens with zero attached hydrogens (tertiary/aromatic N) is 1. The molecular weight excluding hydrogens is 504 g/mol. The highest BCUT2D eigenvalue weighted by Crippen LogP contribution is 2.43. The van der Waals surface area contributed by atoms with E-state index in [9.17, 15) is 23.5 Å². The van der Waals surface area contributed by atoms with Gasteiger partial charge >= 0.3 is 6.09 Å². The maximum absolute atomic E-state index is 14.0. The number of ether oxygens (including phenoxy) is 1. The van der Waals surface area contributed by atoms with Crippen LogP contribution in [0.5, 0.6) is 0 Å². The van der Waals surface area contributed by atoms with Gasteiger partial charge < -0.3 is 20.1 Å². The number of anilines is 1. The Kier molecular flexibility index (Phi) is 7.90. The summed E-state index contributed by atoms with van der Waals surface area (Å²) in [6.07, 6.45) is 0.896. The van der Waals surface area contributed by atoms with E-state index in [2.05, 4.69) is 15.5 Å². The van der Waals surface area contributed by atoms with Crippen LogP contribution in [0, 0.1) is 11.6 Å². The van der Waals surface area contributed by atoms with Crippen molar-refractivity contribution in [3.63, 3.8) is 0 Å². The van der Waals surface area contributed by atoms with E-state index in [1.54, 1.807) is 18.2 Å². The topological polar surface area (TPSA) is 90.9 Å². The van der Waals surface area contributed by atoms with Crippen molar-refractivity contribution in [2.75, 3.05) is 31.6 Å². The molecule has 3 aromatic rings. The predicted octanol–water partition coefficient (Wildman–Crippen LogP) is 4.84. The highest BCUT2D eigenvalue weighted by Gasteiger charge is 2.44. The Hall–Kier alpha value is -3.82. The summed E-state index contributed by atoms with van der Waals surface area (Å²) in [5, 5.41) is 15.5. The van der Waals surface area contributed by atoms with Crippen LogP contribution in [0.25, 0.3) is 0 Å². The molecule has 1 unspecified atom stereocenters. The van der Waals surface area contributed by atoms with Crippen molar-refractivity contribution in [3.05, 3.63) is 101 Å². The van der Waals surface area contributed by atoms with E-state index in [0.717, 1.165) is 5.56 Å². The maximum atomic E-state index is 14.0. The number of fused-ring (bicyclic) bond motifs is 2. The lowest BCUT2D eigenvalue weighted by Crippen LogP contribution is -2.48. The number of carbonyl (C=O) groups excluding carboxylic acids is 2. The molecule has 0 aliphatic carbocycles. The van der Waals surface area contributed by atoms with Crippen molar-refractivity contribution in [2.45, 2.75) is 36.8 Å². The van der Waals surface area contributed by atoms with Gasteiger partial charge in [0, 0.05) is 31.5 Å². The number of hydrogen-bond donors (Lipinski definition) is 3. The zero-order chi connectivity index (χ0) is 27.4. The van der Waals surface area contributed by atoms with Crippen LogP contribution in [0.4, 0.5) is 19.3 Å². The van der Waals surface area contributed by atoms with E-state index < -0.39 is 23.7 Å². The first-order chi connectivity index (χ1) is 18.9. The summed E-state index contributed by atoms with van der Waals surface area (Å²) in [5.74, 6) is -1.59. The highest BCUT2D eigenvalue weighted by molar-refractivity contribution is 5.89. The van der Waals surface area contributed by atoms with Crippen LogP contribution in [-0.2, 0) is 15.1 Å². The Labute approximate surface area is 225 Å². The molecule has 3 aromatic carbocycles. The lowest BCUT2D eigenvalue weighted by molar-refractivity contribution is -0.124. The SMILES string of the molecule is O=C1Nc2ccc(F)cc2C2(CCN(CCC(C(=O)N[C@@H](CO)c3ccccc3)c3ccc(F)cc3)CC2)O1. The molecule has 0 bridgehead atoms. The van der Waals surface area contributed by atoms with E-state index in [1.165, 1.54) is 24.3 Å². The number of aliphatic hydroxyl groups excluding tert-OH is 1. The zero-order valence-electron chi connectivity index (χ0n) is 21.4. The van der Waals surface area contributed by atoms with E-state index in [0.29, 0.717) is 55.7 Å². The number of aliphatic hydroxyl groups is 1. The smallest absolute Gasteiger partial charge is 0.412 e. The molecule has 1 spiro atoms. The summed E-state index contributed by atoms with van der Waals surface area (Å²) >= 11 is 0. The van der Waals surface area contributed by atoms with Crippen molar-refractivity contribution < 1.29 is 28.2 Å². The average molecular weight is 536 g/mol. The standard InChI is InChI=1S/C30H31F2N3O4/c31-22-8-6-20(7-9-22)24(28(37)33-27(19-36)21-4-2-1-3-5-21)12-15-35-16-13-30(14-17-35)25-18-23(32)10-11-26(25)34-29(38)39-30/h1-11,18,24,27,36H,12-17,19H2,(H,33,37)(H,34,38)/t24?,27-/m0/s1. The van der Waals surface area contributed by atoms with Gasteiger partial charge in [0.15, 0.2) is 0 Å². The van der Waals surface area contributed by atoms with Gasteiger partial charge in [-0.25, -0.2) is 13.6 Å². The molecule has 2 aliphatic rings. The van der Waals surface area contributed by atoms with Crippen molar-refractivity contribution in [3.8, 4) is 0 Å². The van der Waals surface area contributed by atoms with Crippen molar-refractivity contribution >= 4 is 17.7 Å². The van der Waals surface area contributed by atoms with Crippen LogP contribution >= 0.6 is 0 Å². The molecule has 1 saturated heterocycles. The van der Waals surface area contributed by atoms with E-state index in [-0.39, 0.29) is 24.1 Å². The van der Waals surface area contributed by atoms with Gasteiger partial charge in [-0.05, 0) is 54.4 Å². The Morgan fingerprint density at radius 2 is 1.69 bits per heavy atom. The Balaban J connectivity index is 1.28. The van der Waals surface area contributed by atoms with Gasteiger partial charge in [-0.3, -0.25) is 10.1 Å². The number of benzene rings is 3. The molecule has 7 nitrogen and oxygen atoms in total. The van der Waals surface area contributed by atoms with E-state index in [1.807, 2.05) is 30.3 Å². The summed E-state index contributed by atoms with van der Waals surface area (Å²) in [7, 11) is 0. The molecule has 2 heterocycles. The second kappa shape index (κ2) is 11.5. The molecule has 0 radical (unpaired) electrons. The Morgan fingerprint density at radius 1 is 1.00 bits per heavy atom. The van der Waals surface area contributed by atoms with Crippen molar-refractivity contribution in [2.24, 2.45) is 0 Å². The second-order valence-electron chi connectivity index (χ2n) is 10.1. The molecule has 9 heteroatoms. The molecule has 204 valence electrons. The summed E-state index contributed by atoms with van der Waals surface area (Å²) < 4.78 is 33.4. The minimum absolute atomic E-state index is 0.254. The Bertz CT molecular complexity index is 1310. The molecule has 2 amide bonds. The molecule has 39 heavy (non-hydrogen) atoms. The average Bonchev–Trinajstić information content (AvgIpc) is 2.94. The van der Waals surface area contributed by atoms with Gasteiger partial charge in [0.2, 0.25) is 5.91 Å². The largest absolute Gasteiger partial charge is 0.438 e. The first kappa shape index (κ1) is 26.8. The van der Waals surface area contributed by atoms with Gasteiger partial charge in [-0.15, -0.1) is 0 Å². The number of nitrogens with one attached hydrogen (secondary N) is 2. The zero-order valence-corrected chi connectivity index (χ0v) is 21.4. The van der Waals surface area contributed by atoms with Crippen molar-refractivity contribution in [1.82, 2.24) is 10.2 Å². The molecule has 2 aliphatic heterocycles. The number of amides is 2. The molecule has 0 aromatic heterocycles. The molecular formula is C30H31F2N3O4. The predicted molar refractivity (Wildman–Crippen MR) is 142 cm³/mol. The van der Waals surface area contributed by atoms with Gasteiger partial charge in [0.1, 0.15) is 17.2 Å². The summed E-state index contributed by atoms with van der Waals surface area (Å²) in [4.78, 5) is 27.9. The third kappa shape index (κ3) is 5.94. The third-order valence-corrected chi connectivity index (χ3v) is 7.68. The van der Waals surface area contributed by atoms with Crippen LogP contribution < -0.4 is 10.6 Å². The first-order valence-corrected chi connectivity index (χ1v) is 13.1. The number of rotatable bonds is 8. The summed E-state index contributed by atoms with van der Waals surface area (Å²) in [6, 6.07) is 18.9. The Morgan fingerprint density at radius 3 is 2.38 bits per heavy atom. The minimum Gasteiger partial charge on any atom is -0.438 e. The van der Waals surface area contributed by atoms with Crippen molar-refractivity contribution in [1.29, 1.82) is 0 Å². The fraction of sp³-hybridized carbons (Fsp3) is 0.333. The minimum atomic E-state index is -0.895. The summed E-state index contributed by atoms with van der Waals surface area (Å²) in [5.41, 5.74) is 1.78. The van der Waals surface area contributed by atoms with Gasteiger partial charge in [0.05, 0.1) is 24.3 Å². The lowest BCUT2D eigenvalue weighted by Gasteiger charge is -2.44. The van der Waals surface area contributed by atoms with Crippen LogP contribution in [0.3, 0.4) is 0 Å². The summed E-state index contributed by atoms with van der Waals surface area (Å²) in [6.45, 7) is 1.49. The maximum Gasteiger partial charge on any atom is 0.412 e. The van der Waals surface area contributed by atoms with Crippen LogP contribution in [0.15, 0.2) is 72.8 Å². The van der Waals surface area contributed by atoms with Gasteiger partial charge in [-0.2, -0.15) is 0 Å². The van der Waals surface area contributed by atoms with Gasteiger partial charge in [0.25, 0.3) is 0 Å². The van der Waals surface area contributed by atoms with Crippen LogP contribution in [-0.4, -0.2) is 48.2 Å². The normalized spacial score (nSPS) is 18.0. The number of carbonyl (C=O) groups is 2. The lowest BCUT2D eigenvalue weighted by atomic mass is 9.82.